The van der Waals surface area contributed by atoms with Gasteiger partial charge in [-0.15, -0.1) is 0 Å². The summed E-state index contributed by atoms with van der Waals surface area (Å²) in [5.74, 6) is 0.285. The van der Waals surface area contributed by atoms with E-state index in [0.717, 1.165) is 16.4 Å². The zero-order chi connectivity index (χ0) is 15.0. The van der Waals surface area contributed by atoms with Crippen molar-refractivity contribution in [2.75, 3.05) is 0 Å². The molecule has 108 valence electrons. The van der Waals surface area contributed by atoms with Gasteiger partial charge in [0, 0.05) is 6.42 Å². The van der Waals surface area contributed by atoms with E-state index in [1.54, 1.807) is 12.1 Å². The van der Waals surface area contributed by atoms with Crippen molar-refractivity contribution in [3.63, 3.8) is 0 Å². The van der Waals surface area contributed by atoms with Gasteiger partial charge in [0.1, 0.15) is 0 Å². The van der Waals surface area contributed by atoms with E-state index in [0.29, 0.717) is 22.2 Å². The standard InChI is InChI=1S/C15H17BrINO2/c1-2-3-4-5-6-7-14(19)20-15-12(16)8-11(10-18)9-13(15)17/h8-9H,2-7H2,1H3. The molecule has 1 aromatic carbocycles. The van der Waals surface area contributed by atoms with Crippen LogP contribution in [0, 0.1) is 14.9 Å². The van der Waals surface area contributed by atoms with Gasteiger partial charge in [-0.3, -0.25) is 4.79 Å². The van der Waals surface area contributed by atoms with Gasteiger partial charge in [-0.05, 0) is 57.1 Å². The van der Waals surface area contributed by atoms with Gasteiger partial charge in [0.2, 0.25) is 0 Å². The van der Waals surface area contributed by atoms with Gasteiger partial charge in [-0.1, -0.05) is 32.6 Å². The average molecular weight is 450 g/mol. The molecule has 1 aromatic rings. The smallest absolute Gasteiger partial charge is 0.311 e. The summed E-state index contributed by atoms with van der Waals surface area (Å²) < 4.78 is 6.78. The molecule has 0 fully saturated rings. The second kappa shape index (κ2) is 9.35. The van der Waals surface area contributed by atoms with Crippen molar-refractivity contribution in [3.05, 3.63) is 25.7 Å². The number of hydrogen-bond donors (Lipinski definition) is 0. The molecule has 0 spiro atoms. The van der Waals surface area contributed by atoms with Crippen LogP contribution < -0.4 is 4.74 Å². The van der Waals surface area contributed by atoms with Crippen LogP contribution in [0.4, 0.5) is 0 Å². The van der Waals surface area contributed by atoms with E-state index in [1.165, 1.54) is 19.3 Å². The maximum absolute atomic E-state index is 11.8. The minimum atomic E-state index is -0.218. The summed E-state index contributed by atoms with van der Waals surface area (Å²) in [6.45, 7) is 2.17. The third kappa shape index (κ3) is 5.80. The van der Waals surface area contributed by atoms with Gasteiger partial charge in [0.05, 0.1) is 19.7 Å². The Hall–Kier alpha value is -0.610. The highest BCUT2D eigenvalue weighted by Gasteiger charge is 2.13. The minimum Gasteiger partial charge on any atom is -0.424 e. The van der Waals surface area contributed by atoms with Gasteiger partial charge >= 0.3 is 5.97 Å². The van der Waals surface area contributed by atoms with Crippen molar-refractivity contribution < 1.29 is 9.53 Å². The fourth-order valence-electron chi connectivity index (χ4n) is 1.76. The Labute approximate surface area is 142 Å². The molecule has 20 heavy (non-hydrogen) atoms. The molecule has 0 bridgehead atoms. The summed E-state index contributed by atoms with van der Waals surface area (Å²) in [4.78, 5) is 11.8. The normalized spacial score (nSPS) is 10.1. The van der Waals surface area contributed by atoms with Crippen LogP contribution in [0.5, 0.6) is 5.75 Å². The first-order valence-corrected chi connectivity index (χ1v) is 8.55. The van der Waals surface area contributed by atoms with Crippen molar-refractivity contribution in [1.29, 1.82) is 5.26 Å². The first-order chi connectivity index (χ1) is 9.58. The molecular formula is C15H17BrINO2. The molecular weight excluding hydrogens is 433 g/mol. The van der Waals surface area contributed by atoms with Gasteiger partial charge in [0.15, 0.2) is 5.75 Å². The zero-order valence-corrected chi connectivity index (χ0v) is 15.2. The molecule has 1 rings (SSSR count). The fourth-order valence-corrected chi connectivity index (χ4v) is 3.41. The lowest BCUT2D eigenvalue weighted by atomic mass is 10.1. The topological polar surface area (TPSA) is 50.1 Å². The second-order valence-corrected chi connectivity index (χ2v) is 6.54. The molecule has 0 radical (unpaired) electrons. The second-order valence-electron chi connectivity index (χ2n) is 4.52. The Balaban J connectivity index is 2.52. The number of carbonyl (C=O) groups excluding carboxylic acids is 1. The van der Waals surface area contributed by atoms with Crippen LogP contribution in [0.25, 0.3) is 0 Å². The van der Waals surface area contributed by atoms with E-state index < -0.39 is 0 Å². The van der Waals surface area contributed by atoms with Crippen molar-refractivity contribution >= 4 is 44.5 Å². The Morgan fingerprint density at radius 2 is 2.05 bits per heavy atom. The molecule has 0 unspecified atom stereocenters. The van der Waals surface area contributed by atoms with Crippen LogP contribution in [0.3, 0.4) is 0 Å². The number of carbonyl (C=O) groups is 1. The largest absolute Gasteiger partial charge is 0.424 e. The molecule has 0 N–H and O–H groups in total. The Kier molecular flexibility index (Phi) is 8.15. The number of esters is 1. The summed E-state index contributed by atoms with van der Waals surface area (Å²) >= 11 is 5.40. The van der Waals surface area contributed by atoms with E-state index in [4.69, 9.17) is 10.00 Å². The van der Waals surface area contributed by atoms with Crippen molar-refractivity contribution in [3.8, 4) is 11.8 Å². The number of nitrogens with zero attached hydrogens (tertiary/aromatic N) is 1. The van der Waals surface area contributed by atoms with Gasteiger partial charge < -0.3 is 4.74 Å². The Morgan fingerprint density at radius 3 is 2.65 bits per heavy atom. The predicted molar refractivity (Wildman–Crippen MR) is 90.6 cm³/mol. The number of rotatable bonds is 7. The molecule has 0 aromatic heterocycles. The molecule has 0 aliphatic carbocycles. The first kappa shape index (κ1) is 17.4. The lowest BCUT2D eigenvalue weighted by molar-refractivity contribution is -0.134. The van der Waals surface area contributed by atoms with Crippen molar-refractivity contribution in [2.45, 2.75) is 45.4 Å². The highest BCUT2D eigenvalue weighted by atomic mass is 127. The predicted octanol–water partition coefficient (Wildman–Crippen LogP) is 5.19. The van der Waals surface area contributed by atoms with Gasteiger partial charge in [-0.2, -0.15) is 5.26 Å². The van der Waals surface area contributed by atoms with Gasteiger partial charge in [-0.25, -0.2) is 0 Å². The molecule has 0 atom stereocenters. The van der Waals surface area contributed by atoms with Gasteiger partial charge in [0.25, 0.3) is 0 Å². The number of benzene rings is 1. The van der Waals surface area contributed by atoms with Crippen LogP contribution in [-0.4, -0.2) is 5.97 Å². The van der Waals surface area contributed by atoms with Crippen LogP contribution in [0.2, 0.25) is 0 Å². The quantitative estimate of drug-likeness (QED) is 0.249. The van der Waals surface area contributed by atoms with Crippen LogP contribution >= 0.6 is 38.5 Å². The average Bonchev–Trinajstić information content (AvgIpc) is 2.42. The maximum Gasteiger partial charge on any atom is 0.311 e. The SMILES string of the molecule is CCCCCCCC(=O)Oc1c(Br)cc(C#N)cc1I. The Morgan fingerprint density at radius 1 is 1.35 bits per heavy atom. The summed E-state index contributed by atoms with van der Waals surface area (Å²) in [5.41, 5.74) is 0.542. The summed E-state index contributed by atoms with van der Waals surface area (Å²) in [6.07, 6.45) is 5.95. The number of ether oxygens (including phenoxy) is 1. The van der Waals surface area contributed by atoms with Crippen molar-refractivity contribution in [2.24, 2.45) is 0 Å². The number of hydrogen-bond acceptors (Lipinski definition) is 3. The third-order valence-electron chi connectivity index (χ3n) is 2.83. The molecule has 5 heteroatoms. The number of halogens is 2. The van der Waals surface area contributed by atoms with E-state index >= 15 is 0 Å². The molecule has 0 aliphatic heterocycles. The summed E-state index contributed by atoms with van der Waals surface area (Å²) in [5, 5.41) is 8.86. The highest BCUT2D eigenvalue weighted by Crippen LogP contribution is 2.32. The molecule has 3 nitrogen and oxygen atoms in total. The fraction of sp³-hybridized carbons (Fsp3) is 0.467. The minimum absolute atomic E-state index is 0.218. The molecule has 0 heterocycles. The number of unbranched alkanes of at least 4 members (excludes halogenated alkanes) is 4. The maximum atomic E-state index is 11.8. The van der Waals surface area contributed by atoms with Crippen LogP contribution in [-0.2, 0) is 4.79 Å². The lowest BCUT2D eigenvalue weighted by Crippen LogP contribution is -2.09. The van der Waals surface area contributed by atoms with Crippen molar-refractivity contribution in [1.82, 2.24) is 0 Å². The number of nitriles is 1. The van der Waals surface area contributed by atoms with E-state index in [9.17, 15) is 4.79 Å². The highest BCUT2D eigenvalue weighted by molar-refractivity contribution is 14.1. The Bertz CT molecular complexity index is 488. The molecule has 0 aliphatic rings. The molecule has 0 amide bonds. The molecule has 0 saturated heterocycles. The summed E-state index contributed by atoms with van der Waals surface area (Å²) in [6, 6.07) is 5.43. The zero-order valence-electron chi connectivity index (χ0n) is 11.4. The van der Waals surface area contributed by atoms with E-state index in [2.05, 4.69) is 51.5 Å². The van der Waals surface area contributed by atoms with Crippen LogP contribution in [0.15, 0.2) is 16.6 Å². The van der Waals surface area contributed by atoms with E-state index in [1.807, 2.05) is 0 Å². The monoisotopic (exact) mass is 449 g/mol. The third-order valence-corrected chi connectivity index (χ3v) is 4.22. The lowest BCUT2D eigenvalue weighted by Gasteiger charge is -2.09. The summed E-state index contributed by atoms with van der Waals surface area (Å²) in [7, 11) is 0. The van der Waals surface area contributed by atoms with Crippen LogP contribution in [0.1, 0.15) is 51.0 Å². The first-order valence-electron chi connectivity index (χ1n) is 6.68. The molecule has 0 saturated carbocycles. The van der Waals surface area contributed by atoms with E-state index in [-0.39, 0.29) is 5.97 Å².